The first-order valence-corrected chi connectivity index (χ1v) is 36.4. The van der Waals surface area contributed by atoms with Crippen LogP contribution in [-0.2, 0) is 18.4 Å². The van der Waals surface area contributed by atoms with Crippen molar-refractivity contribution < 1.29 is 32.9 Å². The number of allylic oxidation sites excluding steroid dienone is 5. The molecule has 0 aromatic rings. The van der Waals surface area contributed by atoms with Crippen LogP contribution in [0.25, 0.3) is 0 Å². The minimum Gasteiger partial charge on any atom is -0.387 e. The molecule has 0 radical (unpaired) electrons. The van der Waals surface area contributed by atoms with E-state index >= 15 is 0 Å². The van der Waals surface area contributed by atoms with Crippen LogP contribution in [0.4, 0.5) is 0 Å². The lowest BCUT2D eigenvalue weighted by molar-refractivity contribution is -0.870. The molecule has 0 aromatic heterocycles. The number of carbonyl (C=O) groups is 1. The zero-order valence-electron chi connectivity index (χ0n) is 53.6. The van der Waals surface area contributed by atoms with Crippen LogP contribution in [0, 0.1) is 0 Å². The molecular weight excluding hydrogens is 996 g/mol. The molecule has 0 aliphatic carbocycles. The van der Waals surface area contributed by atoms with Gasteiger partial charge in [0.25, 0.3) is 0 Å². The number of quaternary nitrogens is 1. The summed E-state index contributed by atoms with van der Waals surface area (Å²) >= 11 is 0. The normalized spacial score (nSPS) is 13.9. The second-order valence-corrected chi connectivity index (χ2v) is 26.7. The average Bonchev–Trinajstić information content (AvgIpc) is 3.42. The Hall–Kier alpha value is -1.28. The molecule has 79 heavy (non-hydrogen) atoms. The van der Waals surface area contributed by atoms with E-state index in [9.17, 15) is 19.4 Å². The maximum absolute atomic E-state index is 13.0. The maximum Gasteiger partial charge on any atom is 0.472 e. The number of nitrogens with one attached hydrogen (secondary N) is 1. The summed E-state index contributed by atoms with van der Waals surface area (Å²) in [7, 11) is 1.57. The molecule has 468 valence electrons. The van der Waals surface area contributed by atoms with Gasteiger partial charge in [0.1, 0.15) is 13.2 Å². The van der Waals surface area contributed by atoms with Crippen LogP contribution >= 0.6 is 7.82 Å². The monoisotopic (exact) mass is 1130 g/mol. The number of nitrogens with zero attached hydrogens (tertiary/aromatic N) is 1. The Labute approximate surface area is 493 Å². The van der Waals surface area contributed by atoms with E-state index in [-0.39, 0.29) is 19.1 Å². The second-order valence-electron chi connectivity index (χ2n) is 25.3. The molecule has 0 fully saturated rings. The molecule has 0 spiro atoms. The van der Waals surface area contributed by atoms with Crippen LogP contribution in [0.2, 0.25) is 0 Å². The summed E-state index contributed by atoms with van der Waals surface area (Å²) in [4.78, 5) is 23.4. The van der Waals surface area contributed by atoms with Crippen molar-refractivity contribution in [3.05, 3.63) is 36.5 Å². The molecule has 1 amide bonds. The maximum atomic E-state index is 13.0. The molecule has 3 N–H and O–H groups in total. The number of hydrogen-bond acceptors (Lipinski definition) is 5. The van der Waals surface area contributed by atoms with Gasteiger partial charge in [0.05, 0.1) is 39.9 Å². The fourth-order valence-electron chi connectivity index (χ4n) is 10.6. The Bertz CT molecular complexity index is 1380. The highest BCUT2D eigenvalue weighted by molar-refractivity contribution is 7.47. The molecule has 0 saturated heterocycles. The first-order valence-electron chi connectivity index (χ1n) is 34.9. The molecule has 9 heteroatoms. The number of likely N-dealkylation sites (N-methyl/N-ethyl adjacent to an activating group) is 1. The molecule has 0 rings (SSSR count). The molecule has 0 aliphatic rings. The minimum atomic E-state index is -4.36. The van der Waals surface area contributed by atoms with Gasteiger partial charge in [0, 0.05) is 6.42 Å². The molecule has 0 saturated carbocycles. The van der Waals surface area contributed by atoms with Gasteiger partial charge in [-0.25, -0.2) is 4.57 Å². The Morgan fingerprint density at radius 3 is 1.01 bits per heavy atom. The number of aliphatic hydroxyl groups excluding tert-OH is 1. The SMILES string of the molecule is CCCCCCCCCCCCCCCC/C=C/CC/C=C/C(O)C(COP(=O)(O)OCC[N+](C)(C)C)NC(=O)CCCCCCCCCCCCCCCCCCC/C=C\CCCCCCCCCCCCCCCCCC. The lowest BCUT2D eigenvalue weighted by atomic mass is 10.0. The van der Waals surface area contributed by atoms with Crippen LogP contribution in [0.1, 0.15) is 354 Å². The molecule has 3 atom stereocenters. The summed E-state index contributed by atoms with van der Waals surface area (Å²) < 4.78 is 23.8. The van der Waals surface area contributed by atoms with Crippen molar-refractivity contribution in [2.24, 2.45) is 0 Å². The quantitative estimate of drug-likeness (QED) is 0.0243. The summed E-state index contributed by atoms with van der Waals surface area (Å²) in [5, 5.41) is 14.0. The number of phosphoric ester groups is 1. The first kappa shape index (κ1) is 77.7. The smallest absolute Gasteiger partial charge is 0.387 e. The standard InChI is InChI=1S/C70H137N2O6P/c1-6-8-10-12-14-16-18-20-22-24-26-28-29-30-31-32-33-34-35-36-37-38-39-40-41-42-43-44-46-48-50-52-54-56-58-60-62-64-70(74)71-68(67-78-79(75,76)77-66-65-72(3,4)5)69(73)63-61-59-57-55-53-51-49-47-45-27-25-23-21-19-17-15-13-11-9-7-2/h34-35,53,55,61,63,68-69,73H,6-33,36-52,54,56-60,62,64-67H2,1-5H3,(H-,71,74,75,76)/p+1/b35-34-,55-53+,63-61+. The van der Waals surface area contributed by atoms with E-state index in [1.807, 2.05) is 27.2 Å². The predicted molar refractivity (Wildman–Crippen MR) is 346 cm³/mol. The van der Waals surface area contributed by atoms with Gasteiger partial charge in [0.15, 0.2) is 0 Å². The number of aliphatic hydroxyl groups is 1. The highest BCUT2D eigenvalue weighted by atomic mass is 31.2. The van der Waals surface area contributed by atoms with E-state index < -0.39 is 20.0 Å². The lowest BCUT2D eigenvalue weighted by Crippen LogP contribution is -2.45. The number of amides is 1. The van der Waals surface area contributed by atoms with Gasteiger partial charge in [-0.2, -0.15) is 0 Å². The van der Waals surface area contributed by atoms with Gasteiger partial charge in [-0.3, -0.25) is 13.8 Å². The topological polar surface area (TPSA) is 105 Å². The third kappa shape index (κ3) is 64.1. The summed E-state index contributed by atoms with van der Waals surface area (Å²) in [5.41, 5.74) is 0. The second kappa shape index (κ2) is 61.3. The van der Waals surface area contributed by atoms with Crippen molar-refractivity contribution in [3.8, 4) is 0 Å². The fraction of sp³-hybridized carbons (Fsp3) is 0.900. The van der Waals surface area contributed by atoms with E-state index in [2.05, 4.69) is 43.5 Å². The van der Waals surface area contributed by atoms with Crippen molar-refractivity contribution in [2.75, 3.05) is 40.9 Å². The van der Waals surface area contributed by atoms with Crippen LogP contribution in [0.3, 0.4) is 0 Å². The van der Waals surface area contributed by atoms with Gasteiger partial charge in [-0.1, -0.05) is 326 Å². The fourth-order valence-corrected chi connectivity index (χ4v) is 11.4. The van der Waals surface area contributed by atoms with Crippen molar-refractivity contribution in [1.82, 2.24) is 5.32 Å². The predicted octanol–water partition coefficient (Wildman–Crippen LogP) is 22.1. The van der Waals surface area contributed by atoms with E-state index in [0.717, 1.165) is 38.5 Å². The Morgan fingerprint density at radius 2 is 0.696 bits per heavy atom. The highest BCUT2D eigenvalue weighted by Crippen LogP contribution is 2.43. The molecule has 3 unspecified atom stereocenters. The minimum absolute atomic E-state index is 0.0577. The molecule has 0 bridgehead atoms. The van der Waals surface area contributed by atoms with E-state index in [1.54, 1.807) is 6.08 Å². The Balaban J connectivity index is 3.99. The Morgan fingerprint density at radius 1 is 0.418 bits per heavy atom. The van der Waals surface area contributed by atoms with Crippen molar-refractivity contribution in [3.63, 3.8) is 0 Å². The molecule has 0 aromatic carbocycles. The number of carbonyl (C=O) groups excluding carboxylic acids is 1. The van der Waals surface area contributed by atoms with Gasteiger partial charge >= 0.3 is 7.82 Å². The first-order chi connectivity index (χ1) is 38.5. The largest absolute Gasteiger partial charge is 0.472 e. The van der Waals surface area contributed by atoms with E-state index in [4.69, 9.17) is 9.05 Å². The van der Waals surface area contributed by atoms with Crippen LogP contribution in [0.5, 0.6) is 0 Å². The van der Waals surface area contributed by atoms with Crippen LogP contribution in [0.15, 0.2) is 36.5 Å². The summed E-state index contributed by atoms with van der Waals surface area (Å²) in [6.45, 7) is 4.85. The zero-order chi connectivity index (χ0) is 57.7. The van der Waals surface area contributed by atoms with Crippen LogP contribution < -0.4 is 5.32 Å². The van der Waals surface area contributed by atoms with Crippen LogP contribution in [-0.4, -0.2) is 73.4 Å². The molecule has 0 heterocycles. The van der Waals surface area contributed by atoms with Crippen molar-refractivity contribution in [2.45, 2.75) is 366 Å². The number of rotatable bonds is 65. The van der Waals surface area contributed by atoms with Crippen molar-refractivity contribution in [1.29, 1.82) is 0 Å². The van der Waals surface area contributed by atoms with Gasteiger partial charge < -0.3 is 19.8 Å². The summed E-state index contributed by atoms with van der Waals surface area (Å²) in [6.07, 6.45) is 81.7. The highest BCUT2D eigenvalue weighted by Gasteiger charge is 2.28. The third-order valence-corrected chi connectivity index (χ3v) is 17.1. The van der Waals surface area contributed by atoms with E-state index in [0.29, 0.717) is 17.4 Å². The summed E-state index contributed by atoms with van der Waals surface area (Å²) in [5.74, 6) is -0.180. The number of phosphoric acid groups is 1. The average molecular weight is 1130 g/mol. The Kier molecular flexibility index (Phi) is 60.3. The lowest BCUT2D eigenvalue weighted by Gasteiger charge is -2.25. The summed E-state index contributed by atoms with van der Waals surface area (Å²) in [6, 6.07) is -0.863. The van der Waals surface area contributed by atoms with Gasteiger partial charge in [-0.05, 0) is 57.8 Å². The number of hydrogen-bond donors (Lipinski definition) is 3. The number of unbranched alkanes of at least 4 members (excludes halogenated alkanes) is 48. The van der Waals surface area contributed by atoms with Crippen molar-refractivity contribution >= 4 is 13.7 Å². The molecule has 0 aliphatic heterocycles. The van der Waals surface area contributed by atoms with Gasteiger partial charge in [-0.15, -0.1) is 0 Å². The van der Waals surface area contributed by atoms with E-state index in [1.165, 1.54) is 295 Å². The zero-order valence-corrected chi connectivity index (χ0v) is 54.5. The molecule has 8 nitrogen and oxygen atoms in total. The third-order valence-electron chi connectivity index (χ3n) is 16.1. The van der Waals surface area contributed by atoms with Gasteiger partial charge in [0.2, 0.25) is 5.91 Å². The molecular formula is C70H138N2O6P+.